The third kappa shape index (κ3) is 4.92. The van der Waals surface area contributed by atoms with Crippen molar-refractivity contribution in [2.24, 2.45) is 0 Å². The van der Waals surface area contributed by atoms with Gasteiger partial charge in [-0.05, 0) is 45.9 Å². The third-order valence-electron chi connectivity index (χ3n) is 3.92. The highest BCUT2D eigenvalue weighted by atomic mass is 15.2. The van der Waals surface area contributed by atoms with Crippen molar-refractivity contribution in [2.45, 2.75) is 25.3 Å². The number of hydrogen-bond donors (Lipinski definition) is 2. The Labute approximate surface area is 106 Å². The van der Waals surface area contributed by atoms with Crippen molar-refractivity contribution in [2.75, 3.05) is 59.4 Å². The number of rotatable bonds is 5. The zero-order chi connectivity index (χ0) is 11.9. The van der Waals surface area contributed by atoms with E-state index >= 15 is 0 Å². The molecule has 2 fully saturated rings. The number of nitrogens with one attached hydrogen (secondary N) is 2. The summed E-state index contributed by atoms with van der Waals surface area (Å²) in [6, 6.07) is 0.733. The summed E-state index contributed by atoms with van der Waals surface area (Å²) in [4.78, 5) is 5.02. The second-order valence-electron chi connectivity index (χ2n) is 5.50. The monoisotopic (exact) mass is 240 g/mol. The van der Waals surface area contributed by atoms with Gasteiger partial charge in [0.25, 0.3) is 0 Å². The van der Waals surface area contributed by atoms with Crippen LogP contribution in [-0.2, 0) is 0 Å². The predicted molar refractivity (Wildman–Crippen MR) is 72.4 cm³/mol. The Balaban J connectivity index is 1.50. The molecule has 0 amide bonds. The molecule has 2 aliphatic heterocycles. The number of likely N-dealkylation sites (N-methyl/N-ethyl adjacent to an activating group) is 1. The Morgan fingerprint density at radius 2 is 2.06 bits per heavy atom. The summed E-state index contributed by atoms with van der Waals surface area (Å²) in [6.07, 6.45) is 4.00. The highest BCUT2D eigenvalue weighted by Gasteiger charge is 2.16. The molecule has 4 nitrogen and oxygen atoms in total. The van der Waals surface area contributed by atoms with E-state index in [1.165, 1.54) is 71.6 Å². The van der Waals surface area contributed by atoms with Gasteiger partial charge in [0, 0.05) is 38.8 Å². The molecular formula is C13H28N4. The van der Waals surface area contributed by atoms with Crippen LogP contribution in [-0.4, -0.2) is 75.2 Å². The summed E-state index contributed by atoms with van der Waals surface area (Å²) in [7, 11) is 2.23. The average molecular weight is 240 g/mol. The largest absolute Gasteiger partial charge is 0.314 e. The van der Waals surface area contributed by atoms with E-state index < -0.39 is 0 Å². The average Bonchev–Trinajstić information content (AvgIpc) is 2.36. The SMILES string of the molecule is CN1CCCC(NCCCN2CCNCC2)C1. The van der Waals surface area contributed by atoms with E-state index in [0.29, 0.717) is 0 Å². The molecule has 0 aromatic heterocycles. The molecule has 1 atom stereocenters. The van der Waals surface area contributed by atoms with E-state index in [0.717, 1.165) is 6.04 Å². The van der Waals surface area contributed by atoms with E-state index in [9.17, 15) is 0 Å². The van der Waals surface area contributed by atoms with Crippen LogP contribution >= 0.6 is 0 Å². The van der Waals surface area contributed by atoms with Crippen molar-refractivity contribution < 1.29 is 0 Å². The first-order chi connectivity index (χ1) is 8.34. The van der Waals surface area contributed by atoms with Crippen LogP contribution in [0.25, 0.3) is 0 Å². The lowest BCUT2D eigenvalue weighted by Gasteiger charge is -2.31. The maximum atomic E-state index is 3.71. The minimum Gasteiger partial charge on any atom is -0.314 e. The first kappa shape index (κ1) is 13.3. The molecule has 1 unspecified atom stereocenters. The molecule has 0 radical (unpaired) electrons. The second-order valence-corrected chi connectivity index (χ2v) is 5.50. The van der Waals surface area contributed by atoms with Gasteiger partial charge in [0.2, 0.25) is 0 Å². The number of likely N-dealkylation sites (tertiary alicyclic amines) is 1. The van der Waals surface area contributed by atoms with Gasteiger partial charge in [-0.25, -0.2) is 0 Å². The van der Waals surface area contributed by atoms with E-state index in [2.05, 4.69) is 27.5 Å². The summed E-state index contributed by atoms with van der Waals surface area (Å²) in [6.45, 7) is 9.74. The Morgan fingerprint density at radius 1 is 1.24 bits per heavy atom. The molecule has 0 aliphatic carbocycles. The Kier molecular flexibility index (Phi) is 5.71. The number of nitrogens with zero attached hydrogens (tertiary/aromatic N) is 2. The van der Waals surface area contributed by atoms with Crippen molar-refractivity contribution in [1.29, 1.82) is 0 Å². The lowest BCUT2D eigenvalue weighted by atomic mass is 10.1. The molecular weight excluding hydrogens is 212 g/mol. The van der Waals surface area contributed by atoms with E-state index in [-0.39, 0.29) is 0 Å². The van der Waals surface area contributed by atoms with Crippen LogP contribution in [0.5, 0.6) is 0 Å². The Morgan fingerprint density at radius 3 is 2.82 bits per heavy atom. The molecule has 0 aromatic rings. The van der Waals surface area contributed by atoms with E-state index in [1.807, 2.05) is 0 Å². The Bertz CT molecular complexity index is 204. The number of hydrogen-bond acceptors (Lipinski definition) is 4. The van der Waals surface area contributed by atoms with Crippen LogP contribution in [0.1, 0.15) is 19.3 Å². The van der Waals surface area contributed by atoms with Gasteiger partial charge >= 0.3 is 0 Å². The molecule has 0 bridgehead atoms. The van der Waals surface area contributed by atoms with Gasteiger partial charge in [0.05, 0.1) is 0 Å². The molecule has 17 heavy (non-hydrogen) atoms. The first-order valence-electron chi connectivity index (χ1n) is 7.19. The van der Waals surface area contributed by atoms with Crippen molar-refractivity contribution in [3.63, 3.8) is 0 Å². The summed E-state index contributed by atoms with van der Waals surface area (Å²) in [5.41, 5.74) is 0. The van der Waals surface area contributed by atoms with Crippen LogP contribution in [0.4, 0.5) is 0 Å². The first-order valence-corrected chi connectivity index (χ1v) is 7.19. The van der Waals surface area contributed by atoms with E-state index in [4.69, 9.17) is 0 Å². The van der Waals surface area contributed by atoms with Gasteiger partial charge in [-0.15, -0.1) is 0 Å². The summed E-state index contributed by atoms with van der Waals surface area (Å²) < 4.78 is 0. The molecule has 2 N–H and O–H groups in total. The summed E-state index contributed by atoms with van der Waals surface area (Å²) in [5, 5.41) is 7.11. The van der Waals surface area contributed by atoms with Crippen molar-refractivity contribution in [3.05, 3.63) is 0 Å². The second kappa shape index (κ2) is 7.31. The maximum Gasteiger partial charge on any atom is 0.0195 e. The predicted octanol–water partition coefficient (Wildman–Crippen LogP) is -0.0345. The van der Waals surface area contributed by atoms with E-state index in [1.54, 1.807) is 0 Å². The smallest absolute Gasteiger partial charge is 0.0195 e. The van der Waals surface area contributed by atoms with Crippen LogP contribution in [0.15, 0.2) is 0 Å². The highest BCUT2D eigenvalue weighted by molar-refractivity contribution is 4.76. The van der Waals surface area contributed by atoms with Crippen molar-refractivity contribution in [3.8, 4) is 0 Å². The number of piperidine rings is 1. The van der Waals surface area contributed by atoms with Gasteiger partial charge in [0.1, 0.15) is 0 Å². The Hall–Kier alpha value is -0.160. The standard InChI is InChI=1S/C13H28N4/c1-16-8-2-4-13(12-16)15-5-3-9-17-10-6-14-7-11-17/h13-15H,2-12H2,1H3. The molecule has 0 spiro atoms. The van der Waals surface area contributed by atoms with Crippen LogP contribution in [0.3, 0.4) is 0 Å². The molecule has 2 rings (SSSR count). The van der Waals surface area contributed by atoms with Gasteiger partial charge in [-0.3, -0.25) is 0 Å². The molecule has 2 saturated heterocycles. The van der Waals surface area contributed by atoms with Crippen LogP contribution < -0.4 is 10.6 Å². The van der Waals surface area contributed by atoms with Crippen LogP contribution in [0.2, 0.25) is 0 Å². The molecule has 2 aliphatic rings. The molecule has 0 saturated carbocycles. The summed E-state index contributed by atoms with van der Waals surface area (Å²) >= 11 is 0. The third-order valence-corrected chi connectivity index (χ3v) is 3.92. The fourth-order valence-corrected chi connectivity index (χ4v) is 2.88. The van der Waals surface area contributed by atoms with Gasteiger partial charge in [-0.2, -0.15) is 0 Å². The number of piperazine rings is 1. The summed E-state index contributed by atoms with van der Waals surface area (Å²) in [5.74, 6) is 0. The quantitative estimate of drug-likeness (QED) is 0.661. The fraction of sp³-hybridized carbons (Fsp3) is 1.00. The van der Waals surface area contributed by atoms with Crippen LogP contribution in [0, 0.1) is 0 Å². The van der Waals surface area contributed by atoms with Gasteiger partial charge < -0.3 is 20.4 Å². The van der Waals surface area contributed by atoms with Crippen molar-refractivity contribution >= 4 is 0 Å². The molecule has 2 heterocycles. The normalized spacial score (nSPS) is 28.4. The van der Waals surface area contributed by atoms with Gasteiger partial charge in [-0.1, -0.05) is 0 Å². The highest BCUT2D eigenvalue weighted by Crippen LogP contribution is 2.07. The maximum absolute atomic E-state index is 3.71. The minimum atomic E-state index is 0.733. The van der Waals surface area contributed by atoms with Crippen molar-refractivity contribution in [1.82, 2.24) is 20.4 Å². The fourth-order valence-electron chi connectivity index (χ4n) is 2.88. The lowest BCUT2D eigenvalue weighted by molar-refractivity contribution is 0.216. The topological polar surface area (TPSA) is 30.5 Å². The molecule has 4 heteroatoms. The zero-order valence-corrected chi connectivity index (χ0v) is 11.2. The molecule has 100 valence electrons. The molecule has 0 aromatic carbocycles. The minimum absolute atomic E-state index is 0.733. The zero-order valence-electron chi connectivity index (χ0n) is 11.2. The van der Waals surface area contributed by atoms with Gasteiger partial charge in [0.15, 0.2) is 0 Å². The lowest BCUT2D eigenvalue weighted by Crippen LogP contribution is -2.46.